The van der Waals surface area contributed by atoms with Crippen molar-refractivity contribution in [2.24, 2.45) is 5.92 Å². The van der Waals surface area contributed by atoms with Crippen molar-refractivity contribution >= 4 is 24.9 Å². The minimum Gasteiger partial charge on any atom is -0.375 e. The SMILES string of the molecule is C/C=C(/C(C)=N)c1ccccc1.C=C(/C=C(\NC)N1CCN(CCC)CC1)c1cccc(CCCC(=C)N2CCN(P(C)C(=C)C/C(=C\CC(C)C)CC)CC2)c1. The van der Waals surface area contributed by atoms with E-state index in [1.807, 2.05) is 57.3 Å². The van der Waals surface area contributed by atoms with Crippen molar-refractivity contribution in [3.63, 3.8) is 0 Å². The molecule has 2 aromatic rings. The number of hydrogen-bond acceptors (Lipinski definition) is 6. The standard InChI is InChI=1S/C39H64N5P.C11H13N/c1-10-20-41-21-23-43(24-22-41)39(40-8)29-33(5)38-17-13-16-37(31-38)15-12-14-34(6)42-25-27-44(28-26-42)45(9)35(7)30-36(11-2)19-18-32(3)4;1-3-11(9(2)12)10-7-5-4-6-8-10/h13,16-17,19,29,31-32,40H,5-7,10-12,14-15,18,20-28,30H2,1-4,8-9H3;3-8,12H,1-2H3/b36-19-,39-29+;11-3-,12-9?. The van der Waals surface area contributed by atoms with Crippen LogP contribution < -0.4 is 5.32 Å². The van der Waals surface area contributed by atoms with Crippen LogP contribution in [-0.2, 0) is 6.42 Å². The van der Waals surface area contributed by atoms with Crippen LogP contribution in [0.3, 0.4) is 0 Å². The molecular weight excluding hydrogens is 716 g/mol. The van der Waals surface area contributed by atoms with E-state index in [0.29, 0.717) is 5.71 Å². The molecule has 2 aliphatic rings. The van der Waals surface area contributed by atoms with Crippen molar-refractivity contribution in [2.45, 2.75) is 86.5 Å². The number of hydrogen-bond donors (Lipinski definition) is 2. The minimum absolute atomic E-state index is 0.305. The van der Waals surface area contributed by atoms with E-state index in [2.05, 4.69) is 115 Å². The van der Waals surface area contributed by atoms with E-state index in [1.165, 1.54) is 47.3 Å². The highest BCUT2D eigenvalue weighted by Gasteiger charge is 2.23. The first kappa shape index (κ1) is 47.7. The Hall–Kier alpha value is -3.70. The Balaban J connectivity index is 0.000000617. The zero-order valence-corrected chi connectivity index (χ0v) is 38.1. The Morgan fingerprint density at radius 1 is 0.895 bits per heavy atom. The van der Waals surface area contributed by atoms with Crippen LogP contribution in [-0.4, -0.2) is 97.7 Å². The third kappa shape index (κ3) is 16.2. The van der Waals surface area contributed by atoms with Crippen molar-refractivity contribution in [3.8, 4) is 0 Å². The molecule has 6 nitrogen and oxygen atoms in total. The molecule has 4 rings (SSSR count). The number of allylic oxidation sites excluding steroid dienone is 8. The van der Waals surface area contributed by atoms with Crippen molar-refractivity contribution in [1.82, 2.24) is 24.7 Å². The molecule has 2 fully saturated rings. The van der Waals surface area contributed by atoms with Crippen LogP contribution in [0.25, 0.3) is 11.1 Å². The van der Waals surface area contributed by atoms with Gasteiger partial charge in [0, 0.05) is 70.8 Å². The van der Waals surface area contributed by atoms with E-state index in [-0.39, 0.29) is 8.07 Å². The van der Waals surface area contributed by atoms with Crippen molar-refractivity contribution in [2.75, 3.05) is 72.6 Å². The van der Waals surface area contributed by atoms with Crippen LogP contribution in [0.5, 0.6) is 0 Å². The molecule has 2 aromatic carbocycles. The lowest BCUT2D eigenvalue weighted by molar-refractivity contribution is 0.154. The number of benzene rings is 2. The summed E-state index contributed by atoms with van der Waals surface area (Å²) < 4.78 is 2.68. The summed E-state index contributed by atoms with van der Waals surface area (Å²) in [5, 5.41) is 12.4. The summed E-state index contributed by atoms with van der Waals surface area (Å²) in [6, 6.07) is 19.0. The van der Waals surface area contributed by atoms with Crippen LogP contribution >= 0.6 is 8.07 Å². The van der Waals surface area contributed by atoms with Gasteiger partial charge >= 0.3 is 0 Å². The highest BCUT2D eigenvalue weighted by atomic mass is 31.1. The molecule has 312 valence electrons. The van der Waals surface area contributed by atoms with Gasteiger partial charge in [0.15, 0.2) is 0 Å². The van der Waals surface area contributed by atoms with Gasteiger partial charge in [0.25, 0.3) is 0 Å². The number of piperazine rings is 2. The van der Waals surface area contributed by atoms with Crippen LogP contribution in [0.15, 0.2) is 115 Å². The monoisotopic (exact) mass is 793 g/mol. The van der Waals surface area contributed by atoms with Gasteiger partial charge in [-0.15, -0.1) is 0 Å². The summed E-state index contributed by atoms with van der Waals surface area (Å²) in [5.74, 6) is 1.89. The van der Waals surface area contributed by atoms with E-state index in [0.717, 1.165) is 107 Å². The van der Waals surface area contributed by atoms with Crippen molar-refractivity contribution in [3.05, 3.63) is 132 Å². The minimum atomic E-state index is -0.305. The lowest BCUT2D eigenvalue weighted by Crippen LogP contribution is -2.47. The molecule has 0 spiro atoms. The molecule has 57 heavy (non-hydrogen) atoms. The normalized spacial score (nSPS) is 16.5. The first-order chi connectivity index (χ1) is 27.4. The molecule has 0 saturated carbocycles. The molecule has 2 heterocycles. The van der Waals surface area contributed by atoms with E-state index < -0.39 is 0 Å². The molecular formula is C50H77N6P. The van der Waals surface area contributed by atoms with Crippen molar-refractivity contribution in [1.29, 1.82) is 5.41 Å². The fourth-order valence-electron chi connectivity index (χ4n) is 7.53. The lowest BCUT2D eigenvalue weighted by Gasteiger charge is -2.40. The Morgan fingerprint density at radius 3 is 2.12 bits per heavy atom. The van der Waals surface area contributed by atoms with E-state index in [9.17, 15) is 0 Å². The van der Waals surface area contributed by atoms with Gasteiger partial charge < -0.3 is 20.5 Å². The van der Waals surface area contributed by atoms with Crippen LogP contribution in [0, 0.1) is 11.3 Å². The van der Waals surface area contributed by atoms with Gasteiger partial charge in [-0.1, -0.05) is 120 Å². The Bertz CT molecular complexity index is 1650. The average Bonchev–Trinajstić information content (AvgIpc) is 3.22. The van der Waals surface area contributed by atoms with E-state index in [1.54, 1.807) is 5.57 Å². The average molecular weight is 793 g/mol. The molecule has 1 atom stereocenters. The van der Waals surface area contributed by atoms with Gasteiger partial charge in [0.1, 0.15) is 5.82 Å². The number of rotatable bonds is 20. The quantitative estimate of drug-likeness (QED) is 0.0605. The molecule has 2 saturated heterocycles. The first-order valence-corrected chi connectivity index (χ1v) is 23.3. The molecule has 1 unspecified atom stereocenters. The highest BCUT2D eigenvalue weighted by Crippen LogP contribution is 2.47. The van der Waals surface area contributed by atoms with Crippen LogP contribution in [0.4, 0.5) is 0 Å². The van der Waals surface area contributed by atoms with E-state index in [4.69, 9.17) is 5.41 Å². The van der Waals surface area contributed by atoms with E-state index >= 15 is 0 Å². The number of nitrogens with zero attached hydrogens (tertiary/aromatic N) is 4. The predicted molar refractivity (Wildman–Crippen MR) is 254 cm³/mol. The van der Waals surface area contributed by atoms with Crippen LogP contribution in [0.2, 0.25) is 0 Å². The Labute approximate surface area is 350 Å². The number of nitrogens with one attached hydrogen (secondary N) is 2. The largest absolute Gasteiger partial charge is 0.375 e. The van der Waals surface area contributed by atoms with Gasteiger partial charge in [0.2, 0.25) is 0 Å². The summed E-state index contributed by atoms with van der Waals surface area (Å²) in [7, 11) is 1.72. The summed E-state index contributed by atoms with van der Waals surface area (Å²) in [6.45, 7) is 38.7. The molecule has 0 aromatic heterocycles. The predicted octanol–water partition coefficient (Wildman–Crippen LogP) is 11.7. The maximum atomic E-state index is 7.52. The molecule has 7 heteroatoms. The van der Waals surface area contributed by atoms with Gasteiger partial charge in [-0.05, 0) is 125 Å². The molecule has 0 radical (unpaired) electrons. The molecule has 2 aliphatic heterocycles. The second-order valence-electron chi connectivity index (χ2n) is 16.0. The topological polar surface area (TPSA) is 48.8 Å². The fourth-order valence-corrected chi connectivity index (χ4v) is 9.14. The van der Waals surface area contributed by atoms with Gasteiger partial charge in [0.05, 0.1) is 0 Å². The summed E-state index contributed by atoms with van der Waals surface area (Å²) in [5.41, 5.74) is 9.24. The molecule has 2 N–H and O–H groups in total. The van der Waals surface area contributed by atoms with Gasteiger partial charge in [-0.2, -0.15) is 0 Å². The first-order valence-electron chi connectivity index (χ1n) is 21.6. The smallest absolute Gasteiger partial charge is 0.102 e. The fraction of sp³-hybridized carbons (Fsp3) is 0.500. The third-order valence-electron chi connectivity index (χ3n) is 11.2. The van der Waals surface area contributed by atoms with Crippen LogP contribution in [0.1, 0.15) is 96.8 Å². The van der Waals surface area contributed by atoms with Crippen molar-refractivity contribution < 1.29 is 0 Å². The summed E-state index contributed by atoms with van der Waals surface area (Å²) in [4.78, 5) is 7.54. The molecule has 0 bridgehead atoms. The second kappa shape index (κ2) is 25.6. The lowest BCUT2D eigenvalue weighted by atomic mass is 10.0. The Morgan fingerprint density at radius 2 is 1.54 bits per heavy atom. The van der Waals surface area contributed by atoms with Gasteiger partial charge in [-0.25, -0.2) is 0 Å². The second-order valence-corrected chi connectivity index (χ2v) is 18.2. The zero-order valence-electron chi connectivity index (χ0n) is 37.2. The summed E-state index contributed by atoms with van der Waals surface area (Å²) >= 11 is 0. The maximum Gasteiger partial charge on any atom is 0.102 e. The third-order valence-corrected chi connectivity index (χ3v) is 13.5. The highest BCUT2D eigenvalue weighted by molar-refractivity contribution is 7.58. The molecule has 0 amide bonds. The Kier molecular flexibility index (Phi) is 21.4. The summed E-state index contributed by atoms with van der Waals surface area (Å²) in [6.07, 6.45) is 14.5. The number of aryl methyl sites for hydroxylation is 1. The van der Waals surface area contributed by atoms with Gasteiger partial charge in [-0.3, -0.25) is 9.57 Å². The maximum absolute atomic E-state index is 7.52. The molecule has 0 aliphatic carbocycles. The zero-order chi connectivity index (χ0) is 41.7.